The molecule has 0 N–H and O–H groups in total. The summed E-state index contributed by atoms with van der Waals surface area (Å²) in [5, 5.41) is 0. The van der Waals surface area contributed by atoms with Gasteiger partial charge in [-0.2, -0.15) is 0 Å². The highest BCUT2D eigenvalue weighted by molar-refractivity contribution is 7.92. The van der Waals surface area contributed by atoms with Crippen molar-refractivity contribution < 1.29 is 8.42 Å². The molecule has 15 heavy (non-hydrogen) atoms. The van der Waals surface area contributed by atoms with Crippen molar-refractivity contribution in [2.75, 3.05) is 17.6 Å². The van der Waals surface area contributed by atoms with E-state index in [-0.39, 0.29) is 0 Å². The average Bonchev–Trinajstić information content (AvgIpc) is 2.15. The van der Waals surface area contributed by atoms with Gasteiger partial charge in [0.2, 0.25) is 10.0 Å². The van der Waals surface area contributed by atoms with Crippen molar-refractivity contribution in [2.24, 2.45) is 0 Å². The van der Waals surface area contributed by atoms with E-state index in [1.54, 1.807) is 13.1 Å². The Kier molecular flexibility index (Phi) is 3.39. The Balaban J connectivity index is 3.11. The van der Waals surface area contributed by atoms with Crippen molar-refractivity contribution in [2.45, 2.75) is 19.8 Å². The number of rotatable bonds is 3. The summed E-state index contributed by atoms with van der Waals surface area (Å²) in [4.78, 5) is 0. The molecule has 0 aliphatic carbocycles. The van der Waals surface area contributed by atoms with Crippen molar-refractivity contribution in [1.29, 1.82) is 0 Å². The first-order valence-corrected chi connectivity index (χ1v) is 6.71. The number of nitrogens with zero attached hydrogens (tertiary/aromatic N) is 1. The van der Waals surface area contributed by atoms with E-state index in [0.29, 0.717) is 11.6 Å². The van der Waals surface area contributed by atoms with Crippen LogP contribution >= 0.6 is 0 Å². The van der Waals surface area contributed by atoms with Crippen molar-refractivity contribution in [3.63, 3.8) is 0 Å². The summed E-state index contributed by atoms with van der Waals surface area (Å²) in [6.07, 6.45) is 1.20. The SMILES string of the molecule is CC(C)c1cccc(N(C)S(C)(=O)=O)c1. The van der Waals surface area contributed by atoms with Crippen LogP contribution in [0.15, 0.2) is 24.3 Å². The maximum absolute atomic E-state index is 11.3. The van der Waals surface area contributed by atoms with Crippen LogP contribution in [-0.4, -0.2) is 21.7 Å². The molecular formula is C11H17NO2S. The van der Waals surface area contributed by atoms with Crippen LogP contribution in [-0.2, 0) is 10.0 Å². The predicted molar refractivity (Wildman–Crippen MR) is 63.8 cm³/mol. The summed E-state index contributed by atoms with van der Waals surface area (Å²) in [6.45, 7) is 4.17. The average molecular weight is 227 g/mol. The van der Waals surface area contributed by atoms with E-state index in [0.717, 1.165) is 5.56 Å². The Morgan fingerprint density at radius 1 is 1.27 bits per heavy atom. The van der Waals surface area contributed by atoms with Gasteiger partial charge in [0.25, 0.3) is 0 Å². The summed E-state index contributed by atoms with van der Waals surface area (Å²) < 4.78 is 24.0. The molecule has 0 aliphatic heterocycles. The second-order valence-corrected chi connectivity index (χ2v) is 5.99. The molecule has 1 rings (SSSR count). The quantitative estimate of drug-likeness (QED) is 0.794. The molecule has 0 unspecified atom stereocenters. The van der Waals surface area contributed by atoms with Gasteiger partial charge in [0.05, 0.1) is 11.9 Å². The van der Waals surface area contributed by atoms with Gasteiger partial charge in [0.15, 0.2) is 0 Å². The molecule has 0 spiro atoms. The lowest BCUT2D eigenvalue weighted by Gasteiger charge is -2.18. The molecule has 0 bridgehead atoms. The van der Waals surface area contributed by atoms with Crippen LogP contribution in [0.3, 0.4) is 0 Å². The molecule has 0 atom stereocenters. The van der Waals surface area contributed by atoms with Gasteiger partial charge in [0, 0.05) is 7.05 Å². The second-order valence-electron chi connectivity index (χ2n) is 3.98. The minimum Gasteiger partial charge on any atom is -0.274 e. The Labute approximate surface area is 91.8 Å². The monoisotopic (exact) mass is 227 g/mol. The third-order valence-electron chi connectivity index (χ3n) is 2.40. The summed E-state index contributed by atoms with van der Waals surface area (Å²) >= 11 is 0. The van der Waals surface area contributed by atoms with Crippen molar-refractivity contribution in [1.82, 2.24) is 0 Å². The van der Waals surface area contributed by atoms with E-state index in [4.69, 9.17) is 0 Å². The Bertz CT molecular complexity index is 438. The van der Waals surface area contributed by atoms with E-state index in [2.05, 4.69) is 13.8 Å². The topological polar surface area (TPSA) is 37.4 Å². The maximum atomic E-state index is 11.3. The largest absolute Gasteiger partial charge is 0.274 e. The van der Waals surface area contributed by atoms with Gasteiger partial charge in [0.1, 0.15) is 0 Å². The van der Waals surface area contributed by atoms with Gasteiger partial charge < -0.3 is 0 Å². The van der Waals surface area contributed by atoms with Crippen molar-refractivity contribution >= 4 is 15.7 Å². The van der Waals surface area contributed by atoms with Crippen LogP contribution < -0.4 is 4.31 Å². The molecule has 0 radical (unpaired) electrons. The zero-order chi connectivity index (χ0) is 11.6. The standard InChI is InChI=1S/C11H17NO2S/c1-9(2)10-6-5-7-11(8-10)12(3)15(4,13)14/h5-9H,1-4H3. The minimum atomic E-state index is -3.17. The number of sulfonamides is 1. The first-order chi connectivity index (χ1) is 6.82. The molecule has 0 saturated carbocycles. The third-order valence-corrected chi connectivity index (χ3v) is 3.60. The first kappa shape index (κ1) is 12.0. The van der Waals surface area contributed by atoms with E-state index in [1.807, 2.05) is 18.2 Å². The molecule has 1 aromatic rings. The fourth-order valence-electron chi connectivity index (χ4n) is 1.27. The molecule has 1 aromatic carbocycles. The minimum absolute atomic E-state index is 0.401. The molecule has 4 heteroatoms. The van der Waals surface area contributed by atoms with E-state index in [9.17, 15) is 8.42 Å². The lowest BCUT2D eigenvalue weighted by atomic mass is 10.0. The van der Waals surface area contributed by atoms with Crippen LogP contribution in [0.25, 0.3) is 0 Å². The molecule has 84 valence electrons. The van der Waals surface area contributed by atoms with Crippen LogP contribution in [0.1, 0.15) is 25.3 Å². The van der Waals surface area contributed by atoms with Gasteiger partial charge in [-0.1, -0.05) is 26.0 Å². The van der Waals surface area contributed by atoms with Crippen LogP contribution in [0.5, 0.6) is 0 Å². The van der Waals surface area contributed by atoms with Crippen molar-refractivity contribution in [3.8, 4) is 0 Å². The molecule has 0 saturated heterocycles. The Morgan fingerprint density at radius 3 is 2.33 bits per heavy atom. The van der Waals surface area contributed by atoms with Gasteiger partial charge >= 0.3 is 0 Å². The Hall–Kier alpha value is -1.03. The summed E-state index contributed by atoms with van der Waals surface area (Å²) in [6, 6.07) is 7.59. The number of benzene rings is 1. The lowest BCUT2D eigenvalue weighted by Crippen LogP contribution is -2.24. The fraction of sp³-hybridized carbons (Fsp3) is 0.455. The zero-order valence-electron chi connectivity index (χ0n) is 9.56. The molecule has 0 fully saturated rings. The molecular weight excluding hydrogens is 210 g/mol. The molecule has 0 aromatic heterocycles. The lowest BCUT2D eigenvalue weighted by molar-refractivity contribution is 0.600. The molecule has 0 amide bonds. The van der Waals surface area contributed by atoms with E-state index >= 15 is 0 Å². The summed E-state index contributed by atoms with van der Waals surface area (Å²) in [7, 11) is -1.60. The highest BCUT2D eigenvalue weighted by Crippen LogP contribution is 2.21. The van der Waals surface area contributed by atoms with Gasteiger partial charge in [-0.05, 0) is 23.6 Å². The highest BCUT2D eigenvalue weighted by Gasteiger charge is 2.12. The number of hydrogen-bond acceptors (Lipinski definition) is 2. The van der Waals surface area contributed by atoms with Crippen LogP contribution in [0, 0.1) is 0 Å². The summed E-state index contributed by atoms with van der Waals surface area (Å²) in [5.74, 6) is 0.401. The number of anilines is 1. The summed E-state index contributed by atoms with van der Waals surface area (Å²) in [5.41, 5.74) is 1.85. The first-order valence-electron chi connectivity index (χ1n) is 4.86. The van der Waals surface area contributed by atoms with Crippen LogP contribution in [0.4, 0.5) is 5.69 Å². The van der Waals surface area contributed by atoms with Crippen molar-refractivity contribution in [3.05, 3.63) is 29.8 Å². The van der Waals surface area contributed by atoms with Crippen LogP contribution in [0.2, 0.25) is 0 Å². The van der Waals surface area contributed by atoms with Gasteiger partial charge in [-0.3, -0.25) is 4.31 Å². The Morgan fingerprint density at radius 2 is 1.87 bits per heavy atom. The van der Waals surface area contributed by atoms with E-state index < -0.39 is 10.0 Å². The molecule has 0 heterocycles. The number of hydrogen-bond donors (Lipinski definition) is 0. The van der Waals surface area contributed by atoms with Gasteiger partial charge in [-0.15, -0.1) is 0 Å². The fourth-order valence-corrected chi connectivity index (χ4v) is 1.77. The normalized spacial score (nSPS) is 11.8. The highest BCUT2D eigenvalue weighted by atomic mass is 32.2. The third kappa shape index (κ3) is 2.96. The maximum Gasteiger partial charge on any atom is 0.231 e. The predicted octanol–water partition coefficient (Wildman–Crippen LogP) is 2.21. The molecule has 0 aliphatic rings. The van der Waals surface area contributed by atoms with E-state index in [1.165, 1.54) is 10.6 Å². The zero-order valence-corrected chi connectivity index (χ0v) is 10.4. The molecule has 3 nitrogen and oxygen atoms in total. The smallest absolute Gasteiger partial charge is 0.231 e. The van der Waals surface area contributed by atoms with Gasteiger partial charge in [-0.25, -0.2) is 8.42 Å². The second kappa shape index (κ2) is 4.23.